The molecule has 2 rings (SSSR count). The van der Waals surface area contributed by atoms with Gasteiger partial charge in [0.25, 0.3) is 5.69 Å². The molecule has 2 aromatic rings. The number of benzene rings is 2. The molecule has 0 aliphatic rings. The van der Waals surface area contributed by atoms with Crippen LogP contribution < -0.4 is 5.73 Å². The minimum absolute atomic E-state index is 0.0342. The van der Waals surface area contributed by atoms with Crippen LogP contribution in [0.25, 0.3) is 0 Å². The Balaban J connectivity index is 2.19. The molecular formula is C13H11ClN2O3S. The van der Waals surface area contributed by atoms with E-state index in [0.29, 0.717) is 21.2 Å². The van der Waals surface area contributed by atoms with Crippen LogP contribution in [0.15, 0.2) is 47.4 Å². The second kappa shape index (κ2) is 6.02. The second-order valence-electron chi connectivity index (χ2n) is 4.08. The molecule has 0 aliphatic heterocycles. The third-order valence-corrected chi connectivity index (χ3v) is 4.31. The lowest BCUT2D eigenvalue weighted by Crippen LogP contribution is -2.00. The van der Waals surface area contributed by atoms with E-state index in [9.17, 15) is 14.3 Å². The Morgan fingerprint density at radius 1 is 1.20 bits per heavy atom. The zero-order valence-corrected chi connectivity index (χ0v) is 11.9. The van der Waals surface area contributed by atoms with E-state index in [1.165, 1.54) is 24.3 Å². The van der Waals surface area contributed by atoms with E-state index in [2.05, 4.69) is 0 Å². The van der Waals surface area contributed by atoms with Gasteiger partial charge in [-0.3, -0.25) is 14.3 Å². The van der Waals surface area contributed by atoms with E-state index in [1.807, 2.05) is 0 Å². The fourth-order valence-corrected chi connectivity index (χ4v) is 2.98. The van der Waals surface area contributed by atoms with Crippen molar-refractivity contribution in [2.45, 2.75) is 10.6 Å². The fourth-order valence-electron chi connectivity index (χ4n) is 1.64. The quantitative estimate of drug-likeness (QED) is 0.534. The molecule has 2 N–H and O–H groups in total. The lowest BCUT2D eigenvalue weighted by molar-refractivity contribution is -0.384. The molecule has 0 saturated carbocycles. The van der Waals surface area contributed by atoms with Gasteiger partial charge in [0.05, 0.1) is 21.5 Å². The molecule has 1 unspecified atom stereocenters. The van der Waals surface area contributed by atoms with Crippen LogP contribution in [-0.4, -0.2) is 9.13 Å². The standard InChI is InChI=1S/C13H11ClN2O3S/c14-10-1-6-13(15)9(7-10)8-20(19)12-4-2-11(3-5-12)16(17)18/h1-7H,8,15H2. The number of nitro groups is 1. The predicted molar refractivity (Wildman–Crippen MR) is 79.1 cm³/mol. The topological polar surface area (TPSA) is 86.2 Å². The molecule has 0 spiro atoms. The number of nitrogens with two attached hydrogens (primary N) is 1. The molecule has 0 heterocycles. The number of nitrogens with zero attached hydrogens (tertiary/aromatic N) is 1. The Morgan fingerprint density at radius 3 is 2.45 bits per heavy atom. The molecule has 5 nitrogen and oxygen atoms in total. The van der Waals surface area contributed by atoms with Gasteiger partial charge < -0.3 is 5.73 Å². The summed E-state index contributed by atoms with van der Waals surface area (Å²) in [5.41, 5.74) is 6.97. The maximum atomic E-state index is 12.2. The molecule has 104 valence electrons. The summed E-state index contributed by atoms with van der Waals surface area (Å²) >= 11 is 5.87. The number of nitro benzene ring substituents is 1. The molecule has 0 amide bonds. The van der Waals surface area contributed by atoms with Crippen LogP contribution in [0, 0.1) is 10.1 Å². The van der Waals surface area contributed by atoms with Crippen LogP contribution in [0.4, 0.5) is 11.4 Å². The average Bonchev–Trinajstić information content (AvgIpc) is 2.43. The highest BCUT2D eigenvalue weighted by Gasteiger charge is 2.11. The Kier molecular flexibility index (Phi) is 4.36. The van der Waals surface area contributed by atoms with Gasteiger partial charge in [0.2, 0.25) is 0 Å². The summed E-state index contributed by atoms with van der Waals surface area (Å²) in [6.45, 7) is 0. The summed E-state index contributed by atoms with van der Waals surface area (Å²) in [7, 11) is -1.34. The summed E-state index contributed by atoms with van der Waals surface area (Å²) in [5, 5.41) is 11.1. The van der Waals surface area contributed by atoms with Crippen molar-refractivity contribution in [1.29, 1.82) is 0 Å². The van der Waals surface area contributed by atoms with Crippen molar-refractivity contribution in [1.82, 2.24) is 0 Å². The minimum atomic E-state index is -1.34. The van der Waals surface area contributed by atoms with Crippen LogP contribution in [0.5, 0.6) is 0 Å². The Morgan fingerprint density at radius 2 is 1.85 bits per heavy atom. The summed E-state index contributed by atoms with van der Waals surface area (Å²) in [4.78, 5) is 10.6. The Hall–Kier alpha value is -1.92. The van der Waals surface area contributed by atoms with Gasteiger partial charge in [-0.15, -0.1) is 0 Å². The van der Waals surface area contributed by atoms with Gasteiger partial charge in [-0.25, -0.2) is 0 Å². The van der Waals surface area contributed by atoms with Gasteiger partial charge in [0.1, 0.15) is 0 Å². The lowest BCUT2D eigenvalue weighted by atomic mass is 10.2. The number of hydrogen-bond acceptors (Lipinski definition) is 4. The molecule has 0 fully saturated rings. The summed E-state index contributed by atoms with van der Waals surface area (Å²) in [6.07, 6.45) is 0. The van der Waals surface area contributed by atoms with Crippen molar-refractivity contribution < 1.29 is 9.13 Å². The number of anilines is 1. The van der Waals surface area contributed by atoms with Crippen molar-refractivity contribution >= 4 is 33.8 Å². The lowest BCUT2D eigenvalue weighted by Gasteiger charge is -2.06. The molecule has 0 radical (unpaired) electrons. The van der Waals surface area contributed by atoms with Gasteiger partial charge in [-0.2, -0.15) is 0 Å². The van der Waals surface area contributed by atoms with Gasteiger partial charge in [0.15, 0.2) is 0 Å². The first-order valence-corrected chi connectivity index (χ1v) is 7.34. The van der Waals surface area contributed by atoms with Crippen molar-refractivity contribution in [3.63, 3.8) is 0 Å². The second-order valence-corrected chi connectivity index (χ2v) is 5.97. The van der Waals surface area contributed by atoms with E-state index in [0.717, 1.165) is 0 Å². The van der Waals surface area contributed by atoms with E-state index < -0.39 is 15.7 Å². The zero-order chi connectivity index (χ0) is 14.7. The molecule has 1 atom stereocenters. The molecular weight excluding hydrogens is 300 g/mol. The van der Waals surface area contributed by atoms with Crippen molar-refractivity contribution in [2.75, 3.05) is 5.73 Å². The summed E-state index contributed by atoms with van der Waals surface area (Å²) in [5.74, 6) is 0.213. The number of hydrogen-bond donors (Lipinski definition) is 1. The van der Waals surface area contributed by atoms with Crippen molar-refractivity contribution in [3.05, 3.63) is 63.2 Å². The highest BCUT2D eigenvalue weighted by Crippen LogP contribution is 2.22. The third kappa shape index (κ3) is 3.34. The van der Waals surface area contributed by atoms with Gasteiger partial charge in [-0.1, -0.05) is 11.6 Å². The van der Waals surface area contributed by atoms with Crippen LogP contribution in [-0.2, 0) is 16.6 Å². The molecule has 0 aliphatic carbocycles. The van der Waals surface area contributed by atoms with Crippen LogP contribution in [0.2, 0.25) is 5.02 Å². The highest BCUT2D eigenvalue weighted by atomic mass is 35.5. The van der Waals surface area contributed by atoms with Gasteiger partial charge in [-0.05, 0) is 35.9 Å². The van der Waals surface area contributed by atoms with Crippen LogP contribution in [0.3, 0.4) is 0 Å². The van der Waals surface area contributed by atoms with Crippen molar-refractivity contribution in [2.24, 2.45) is 0 Å². The molecule has 7 heteroatoms. The first-order chi connectivity index (χ1) is 9.47. The SMILES string of the molecule is Nc1ccc(Cl)cc1CS(=O)c1ccc([N+](=O)[O-])cc1. The van der Waals surface area contributed by atoms with E-state index in [-0.39, 0.29) is 11.4 Å². The maximum Gasteiger partial charge on any atom is 0.269 e. The van der Waals surface area contributed by atoms with Crippen molar-refractivity contribution in [3.8, 4) is 0 Å². The van der Waals surface area contributed by atoms with Crippen LogP contribution >= 0.6 is 11.6 Å². The number of halogens is 1. The monoisotopic (exact) mass is 310 g/mol. The number of rotatable bonds is 4. The number of nitrogen functional groups attached to an aromatic ring is 1. The van der Waals surface area contributed by atoms with Crippen LogP contribution in [0.1, 0.15) is 5.56 Å². The zero-order valence-electron chi connectivity index (χ0n) is 10.3. The molecule has 0 aromatic heterocycles. The molecule has 20 heavy (non-hydrogen) atoms. The van der Waals surface area contributed by atoms with Gasteiger partial charge >= 0.3 is 0 Å². The smallest absolute Gasteiger partial charge is 0.269 e. The normalized spacial score (nSPS) is 12.1. The fraction of sp³-hybridized carbons (Fsp3) is 0.0769. The third-order valence-electron chi connectivity index (χ3n) is 2.70. The highest BCUT2D eigenvalue weighted by molar-refractivity contribution is 7.84. The average molecular weight is 311 g/mol. The van der Waals surface area contributed by atoms with E-state index >= 15 is 0 Å². The first-order valence-electron chi connectivity index (χ1n) is 5.64. The maximum absolute atomic E-state index is 12.2. The van der Waals surface area contributed by atoms with E-state index in [4.69, 9.17) is 17.3 Å². The van der Waals surface area contributed by atoms with E-state index in [1.54, 1.807) is 18.2 Å². The molecule has 0 bridgehead atoms. The summed E-state index contributed by atoms with van der Waals surface area (Å²) < 4.78 is 12.2. The number of non-ortho nitro benzene ring substituents is 1. The molecule has 2 aromatic carbocycles. The Bertz CT molecular complexity index is 674. The Labute approximate surface area is 123 Å². The first kappa shape index (κ1) is 14.5. The largest absolute Gasteiger partial charge is 0.398 e. The molecule has 0 saturated heterocycles. The van der Waals surface area contributed by atoms with Gasteiger partial charge in [0, 0.05) is 27.7 Å². The minimum Gasteiger partial charge on any atom is -0.398 e. The summed E-state index contributed by atoms with van der Waals surface area (Å²) in [6, 6.07) is 10.6. The predicted octanol–water partition coefficient (Wildman–Crippen LogP) is 3.14.